The Morgan fingerprint density at radius 3 is 2.43 bits per heavy atom. The molecule has 0 saturated carbocycles. The van der Waals surface area contributed by atoms with Crippen molar-refractivity contribution in [2.75, 3.05) is 18.7 Å². The zero-order valence-electron chi connectivity index (χ0n) is 24.9. The molecular formula is C32H34N4O7S. The van der Waals surface area contributed by atoms with Gasteiger partial charge in [-0.25, -0.2) is 18.1 Å². The topological polar surface area (TPSA) is 140 Å². The minimum Gasteiger partial charge on any atom is -0.475 e. The summed E-state index contributed by atoms with van der Waals surface area (Å²) in [6.07, 6.45) is 3.07. The summed E-state index contributed by atoms with van der Waals surface area (Å²) >= 11 is 0. The number of anilines is 1. The van der Waals surface area contributed by atoms with Gasteiger partial charge in [0.25, 0.3) is 21.8 Å². The summed E-state index contributed by atoms with van der Waals surface area (Å²) in [4.78, 5) is 35.3. The highest BCUT2D eigenvalue weighted by molar-refractivity contribution is 7.90. The van der Waals surface area contributed by atoms with E-state index in [9.17, 15) is 18.0 Å². The predicted molar refractivity (Wildman–Crippen MR) is 164 cm³/mol. The van der Waals surface area contributed by atoms with Crippen LogP contribution in [0.4, 0.5) is 5.95 Å². The van der Waals surface area contributed by atoms with Crippen LogP contribution in [0.5, 0.6) is 17.2 Å². The summed E-state index contributed by atoms with van der Waals surface area (Å²) in [6, 6.07) is 16.1. The van der Waals surface area contributed by atoms with Crippen molar-refractivity contribution in [2.24, 2.45) is 0 Å². The fourth-order valence-corrected chi connectivity index (χ4v) is 5.76. The number of amides is 2. The molecular weight excluding hydrogens is 584 g/mol. The molecule has 5 rings (SSSR count). The number of carbonyl (C=O) groups is 2. The molecule has 4 aromatic rings. The van der Waals surface area contributed by atoms with Crippen LogP contribution in [0.1, 0.15) is 66.3 Å². The third kappa shape index (κ3) is 6.55. The highest BCUT2D eigenvalue weighted by atomic mass is 32.2. The summed E-state index contributed by atoms with van der Waals surface area (Å²) in [5.74, 6) is 0.676. The van der Waals surface area contributed by atoms with Crippen molar-refractivity contribution in [3.05, 3.63) is 95.3 Å². The number of hydrogen-bond acceptors (Lipinski definition) is 8. The van der Waals surface area contributed by atoms with E-state index in [4.69, 9.17) is 14.2 Å². The van der Waals surface area contributed by atoms with Crippen molar-refractivity contribution in [1.82, 2.24) is 14.7 Å². The molecule has 3 aromatic carbocycles. The SMILES string of the molecule is CCCc1cc(C(=O)N(C)c2ncc[nH]2)ccc1OC(C(=O)NS(=O)(=O)c1ccc(C(C)C)cc1)c1ccc2c(c1)OCO2. The number of imidazole rings is 1. The third-order valence-electron chi connectivity index (χ3n) is 7.21. The first-order chi connectivity index (χ1) is 21.1. The normalized spacial score (nSPS) is 13.0. The summed E-state index contributed by atoms with van der Waals surface area (Å²) in [6.45, 7) is 6.02. The second-order valence-corrected chi connectivity index (χ2v) is 12.3. The van der Waals surface area contributed by atoms with Crippen LogP contribution in [0.2, 0.25) is 0 Å². The van der Waals surface area contributed by atoms with Crippen molar-refractivity contribution >= 4 is 27.8 Å². The van der Waals surface area contributed by atoms with Crippen LogP contribution < -0.4 is 23.8 Å². The summed E-state index contributed by atoms with van der Waals surface area (Å²) in [5.41, 5.74) is 2.41. The van der Waals surface area contributed by atoms with Crippen LogP contribution in [-0.4, -0.2) is 44.0 Å². The Labute approximate surface area is 256 Å². The fraction of sp³-hybridized carbons (Fsp3) is 0.281. The number of H-pyrrole nitrogens is 1. The van der Waals surface area contributed by atoms with Gasteiger partial charge in [0.05, 0.1) is 4.90 Å². The maximum absolute atomic E-state index is 13.7. The molecule has 0 saturated heterocycles. The van der Waals surface area contributed by atoms with E-state index in [1.54, 1.807) is 68.0 Å². The molecule has 0 radical (unpaired) electrons. The lowest BCUT2D eigenvalue weighted by Gasteiger charge is -2.22. The maximum atomic E-state index is 13.7. The Hall–Kier alpha value is -4.84. The van der Waals surface area contributed by atoms with Gasteiger partial charge in [-0.15, -0.1) is 0 Å². The zero-order valence-corrected chi connectivity index (χ0v) is 25.7. The van der Waals surface area contributed by atoms with Crippen LogP contribution in [0.25, 0.3) is 0 Å². The number of nitrogens with one attached hydrogen (secondary N) is 2. The molecule has 2 heterocycles. The molecule has 2 N–H and O–H groups in total. The Morgan fingerprint density at radius 2 is 1.75 bits per heavy atom. The molecule has 1 unspecified atom stereocenters. The lowest BCUT2D eigenvalue weighted by molar-refractivity contribution is -0.126. The Kier molecular flexibility index (Phi) is 8.91. The van der Waals surface area contributed by atoms with Crippen LogP contribution >= 0.6 is 0 Å². The van der Waals surface area contributed by atoms with Gasteiger partial charge < -0.3 is 19.2 Å². The number of ether oxygens (including phenoxy) is 3. The lowest BCUT2D eigenvalue weighted by atomic mass is 10.0. The van der Waals surface area contributed by atoms with E-state index in [1.165, 1.54) is 17.0 Å². The molecule has 11 nitrogen and oxygen atoms in total. The Bertz CT molecular complexity index is 1750. The van der Waals surface area contributed by atoms with Gasteiger partial charge in [0.1, 0.15) is 5.75 Å². The van der Waals surface area contributed by atoms with E-state index in [1.807, 2.05) is 20.8 Å². The van der Waals surface area contributed by atoms with Gasteiger partial charge in [0, 0.05) is 30.6 Å². The number of sulfonamides is 1. The summed E-state index contributed by atoms with van der Waals surface area (Å²) in [5, 5.41) is 0. The van der Waals surface area contributed by atoms with Crippen LogP contribution in [0, 0.1) is 0 Å². The maximum Gasteiger partial charge on any atom is 0.279 e. The molecule has 230 valence electrons. The lowest BCUT2D eigenvalue weighted by Crippen LogP contribution is -2.37. The average molecular weight is 619 g/mol. The largest absolute Gasteiger partial charge is 0.475 e. The molecule has 0 spiro atoms. The zero-order chi connectivity index (χ0) is 31.4. The molecule has 2 amide bonds. The van der Waals surface area contributed by atoms with Gasteiger partial charge >= 0.3 is 0 Å². The van der Waals surface area contributed by atoms with Crippen LogP contribution in [-0.2, 0) is 21.2 Å². The standard InChI is InChI=1S/C32H34N4O7S/c1-5-6-22-17-24(31(38)36(4)32-33-15-16-34-32)10-13-26(22)43-29(23-9-14-27-28(18-23)42-19-41-27)30(37)35-44(39,40)25-11-7-21(8-12-25)20(2)3/h7-18,20,29H,5-6,19H2,1-4H3,(H,33,34)(H,35,37). The molecule has 0 fully saturated rings. The van der Waals surface area contributed by atoms with Crippen molar-refractivity contribution < 1.29 is 32.2 Å². The first-order valence-corrected chi connectivity index (χ1v) is 15.7. The van der Waals surface area contributed by atoms with Gasteiger partial charge in [0.2, 0.25) is 18.8 Å². The molecule has 0 aliphatic carbocycles. The van der Waals surface area contributed by atoms with Crippen molar-refractivity contribution in [3.63, 3.8) is 0 Å². The molecule has 44 heavy (non-hydrogen) atoms. The number of aromatic nitrogens is 2. The highest BCUT2D eigenvalue weighted by Crippen LogP contribution is 2.36. The van der Waals surface area contributed by atoms with Crippen molar-refractivity contribution in [3.8, 4) is 17.2 Å². The van der Waals surface area contributed by atoms with E-state index < -0.39 is 22.0 Å². The number of aryl methyl sites for hydroxylation is 1. The molecule has 1 aromatic heterocycles. The van der Waals surface area contributed by atoms with E-state index in [2.05, 4.69) is 14.7 Å². The number of fused-ring (bicyclic) bond motifs is 1. The number of aromatic amines is 1. The number of nitrogens with zero attached hydrogens (tertiary/aromatic N) is 2. The van der Waals surface area contributed by atoms with Crippen molar-refractivity contribution in [1.29, 1.82) is 0 Å². The first-order valence-electron chi connectivity index (χ1n) is 14.2. The Morgan fingerprint density at radius 1 is 1.02 bits per heavy atom. The average Bonchev–Trinajstić information content (AvgIpc) is 3.72. The van der Waals surface area contributed by atoms with E-state index >= 15 is 0 Å². The van der Waals surface area contributed by atoms with Gasteiger partial charge in [0.15, 0.2) is 11.5 Å². The minimum absolute atomic E-state index is 0.0276. The fourth-order valence-electron chi connectivity index (χ4n) is 4.78. The van der Waals surface area contributed by atoms with Gasteiger partial charge in [-0.3, -0.25) is 14.5 Å². The van der Waals surface area contributed by atoms with Gasteiger partial charge in [-0.1, -0.05) is 45.4 Å². The van der Waals surface area contributed by atoms with Gasteiger partial charge in [-0.2, -0.15) is 0 Å². The van der Waals surface area contributed by atoms with Crippen LogP contribution in [0.15, 0.2) is 78.0 Å². The van der Waals surface area contributed by atoms with Gasteiger partial charge in [-0.05, 0) is 65.9 Å². The molecule has 1 aliphatic heterocycles. The van der Waals surface area contributed by atoms with Crippen molar-refractivity contribution in [2.45, 2.75) is 50.5 Å². The summed E-state index contributed by atoms with van der Waals surface area (Å²) in [7, 11) is -2.61. The molecule has 1 aliphatic rings. The Balaban J connectivity index is 1.47. The second-order valence-electron chi connectivity index (χ2n) is 10.7. The highest BCUT2D eigenvalue weighted by Gasteiger charge is 2.30. The number of rotatable bonds is 11. The second kappa shape index (κ2) is 12.8. The number of carbonyl (C=O) groups excluding carboxylic acids is 2. The monoisotopic (exact) mass is 618 g/mol. The smallest absolute Gasteiger partial charge is 0.279 e. The predicted octanol–water partition coefficient (Wildman–Crippen LogP) is 5.12. The van der Waals surface area contributed by atoms with E-state index in [0.717, 1.165) is 12.0 Å². The first kappa shape index (κ1) is 30.6. The summed E-state index contributed by atoms with van der Waals surface area (Å²) < 4.78 is 45.9. The van der Waals surface area contributed by atoms with E-state index in [0.29, 0.717) is 46.3 Å². The van der Waals surface area contributed by atoms with Crippen LogP contribution in [0.3, 0.4) is 0 Å². The molecule has 1 atom stereocenters. The number of benzene rings is 3. The third-order valence-corrected chi connectivity index (χ3v) is 8.57. The molecule has 12 heteroatoms. The minimum atomic E-state index is -4.22. The van der Waals surface area contributed by atoms with E-state index in [-0.39, 0.29) is 23.5 Å². The molecule has 0 bridgehead atoms. The number of hydrogen-bond donors (Lipinski definition) is 2. The quantitative estimate of drug-likeness (QED) is 0.236.